The molecule has 814 valence electrons. The molecule has 6 unspecified atom stereocenters. The highest BCUT2D eigenvalue weighted by molar-refractivity contribution is 9.10. The number of carbonyl (C=O) groups is 3. The van der Waals surface area contributed by atoms with Crippen LogP contribution in [0.5, 0.6) is 0 Å². The highest BCUT2D eigenvalue weighted by atomic mass is 79.9. The Hall–Kier alpha value is -8.32. The quantitative estimate of drug-likeness (QED) is 0.00474. The number of nitrogens with zero attached hydrogens (tertiary/aromatic N) is 13. The number of alkyl carbamates (subject to hydrolysis) is 1. The maximum Gasteiger partial charge on any atom is 0.407 e. The van der Waals surface area contributed by atoms with Crippen LogP contribution >= 0.6 is 54.9 Å². The average molecular weight is 2330 g/mol. The predicted octanol–water partition coefficient (Wildman–Crippen LogP) is 8.00. The lowest BCUT2D eigenvalue weighted by molar-refractivity contribution is -0.115. The van der Waals surface area contributed by atoms with E-state index in [0.29, 0.717) is 18.6 Å². The molecule has 3 amide bonds. The molecule has 7 N–H and O–H groups in total. The molecule has 2 aromatic carbocycles. The molecular formula is C89H114BrN19O32P4S5. The summed E-state index contributed by atoms with van der Waals surface area (Å²) in [6.45, 7) is 21.1. The maximum atomic E-state index is 14.3. The maximum absolute atomic E-state index is 14.3. The fraction of sp³-hybridized carbons (Fsp3) is 0.562. The molecule has 6 aliphatic rings. The average Bonchev–Trinajstić information content (AvgIpc) is 1.62. The van der Waals surface area contributed by atoms with E-state index in [1.54, 1.807) is 19.0 Å². The Kier molecular flexibility index (Phi) is 42.1. The number of methoxy groups -OCH3 is 2. The monoisotopic (exact) mass is 2320 g/mol. The Balaban J connectivity index is 0.743. The van der Waals surface area contributed by atoms with Gasteiger partial charge in [-0.25, -0.2) is 56.1 Å². The summed E-state index contributed by atoms with van der Waals surface area (Å²) < 4.78 is 143. The Bertz CT molecular complexity index is 6550. The molecule has 21 atom stereocenters. The van der Waals surface area contributed by atoms with E-state index in [9.17, 15) is 53.1 Å². The van der Waals surface area contributed by atoms with Crippen molar-refractivity contribution in [1.29, 1.82) is 0 Å². The van der Waals surface area contributed by atoms with Crippen molar-refractivity contribution in [3.8, 4) is 11.1 Å². The van der Waals surface area contributed by atoms with Gasteiger partial charge >= 0.3 is 28.9 Å². The van der Waals surface area contributed by atoms with Gasteiger partial charge in [-0.05, 0) is 81.9 Å². The van der Waals surface area contributed by atoms with E-state index in [0.717, 1.165) is 49.0 Å². The SMILES string of the molecule is [C-]#[N+]CCO[P+]([S-])(OC[C@H]1O[C@@H](n2cnc3c(=O)[nH]c(N=CN(C)C)nc32)C[C@H]1O[P+]([S-])(OC[C@H]1O[C@@H](n2cc(C)c(=O)[nH]c2=O)C[C@H]1O[P+]([S-])(OCCOCCOCCNC(=O)OCC1c2ccccc2-c2ccccc21)OC[C@H]1O[C@@H](n2ccc(NC(C)=O)nc2=O)C[C@H]1C(C)C)SCCC)O[C@@H]1C(OC)[C@H](n2ccc(NC(C)=O)nc2=O)O[C@@H]1CO[P+]([S-])(OCC[N+]#[C-])O[C@@H]1C(OC)[C@H](n2cc(Br)c(=O)[nH]c2=O)O[C@@H]1CO. The van der Waals surface area contributed by atoms with Crippen molar-refractivity contribution < 1.29 is 117 Å². The summed E-state index contributed by atoms with van der Waals surface area (Å²) in [7, 11) is -7.16. The first kappa shape index (κ1) is 117. The van der Waals surface area contributed by atoms with Gasteiger partial charge < -0.3 is 132 Å². The number of aromatic nitrogens is 12. The van der Waals surface area contributed by atoms with Gasteiger partial charge in [0.25, 0.3) is 38.1 Å². The molecule has 5 aliphatic heterocycles. The zero-order valence-electron chi connectivity index (χ0n) is 82.7. The van der Waals surface area contributed by atoms with Crippen molar-refractivity contribution in [1.82, 2.24) is 67.9 Å². The van der Waals surface area contributed by atoms with Crippen LogP contribution in [0.25, 0.3) is 32.0 Å². The third kappa shape index (κ3) is 29.9. The van der Waals surface area contributed by atoms with Gasteiger partial charge in [0.15, 0.2) is 49.0 Å². The summed E-state index contributed by atoms with van der Waals surface area (Å²) in [5, 5.41) is 18.6. The number of rotatable bonds is 54. The van der Waals surface area contributed by atoms with E-state index in [1.165, 1.54) is 92.1 Å². The van der Waals surface area contributed by atoms with E-state index < -0.39 is 223 Å². The predicted molar refractivity (Wildman–Crippen MR) is 560 cm³/mol. The van der Waals surface area contributed by atoms with Crippen molar-refractivity contribution in [2.45, 2.75) is 171 Å². The van der Waals surface area contributed by atoms with Gasteiger partial charge in [-0.3, -0.25) is 61.8 Å². The number of nitrogens with one attached hydrogen (secondary N) is 6. The molecule has 5 saturated heterocycles. The minimum Gasteiger partial charge on any atom is -0.480 e. The molecule has 51 nitrogen and oxygen atoms in total. The highest BCUT2D eigenvalue weighted by Gasteiger charge is 2.58. The molecule has 5 fully saturated rings. The minimum atomic E-state index is -4.54. The first-order valence-corrected chi connectivity index (χ1v) is 59.9. The number of carbonyl (C=O) groups excluding carboxylic acids is 3. The van der Waals surface area contributed by atoms with Crippen LogP contribution in [0.15, 0.2) is 135 Å². The minimum absolute atomic E-state index is 0.00514. The summed E-state index contributed by atoms with van der Waals surface area (Å²) in [6, 6.07) is 18.8. The molecule has 14 rings (SSSR count). The summed E-state index contributed by atoms with van der Waals surface area (Å²) in [5.41, 5.74) is -1.20. The molecule has 0 radical (unpaired) electrons. The first-order chi connectivity index (χ1) is 71.9. The summed E-state index contributed by atoms with van der Waals surface area (Å²) in [4.78, 5) is 169. The summed E-state index contributed by atoms with van der Waals surface area (Å²) >= 11 is 29.9. The zero-order chi connectivity index (χ0) is 107. The van der Waals surface area contributed by atoms with Crippen molar-refractivity contribution in [3.63, 3.8) is 0 Å². The van der Waals surface area contributed by atoms with Crippen LogP contribution in [0.3, 0.4) is 0 Å². The molecule has 8 aromatic rings. The molecule has 6 aromatic heterocycles. The number of hydrogen-bond donors (Lipinski definition) is 7. The second-order valence-corrected chi connectivity index (χ2v) is 51.2. The number of aromatic amines is 3. The fourth-order valence-corrected chi connectivity index (χ4v) is 28.6. The van der Waals surface area contributed by atoms with Gasteiger partial charge in [0.1, 0.15) is 119 Å². The van der Waals surface area contributed by atoms with Crippen molar-refractivity contribution in [3.05, 3.63) is 209 Å². The second-order valence-electron chi connectivity index (χ2n) is 35.1. The van der Waals surface area contributed by atoms with Crippen LogP contribution in [-0.4, -0.2) is 299 Å². The molecule has 0 saturated carbocycles. The number of halogens is 1. The van der Waals surface area contributed by atoms with Gasteiger partial charge in [0, 0.05) is 104 Å². The van der Waals surface area contributed by atoms with Crippen LogP contribution in [-0.2, 0) is 156 Å². The van der Waals surface area contributed by atoms with Gasteiger partial charge in [-0.1, -0.05) is 69.3 Å². The number of benzene rings is 2. The Morgan fingerprint density at radius 3 is 1.71 bits per heavy atom. The lowest BCUT2D eigenvalue weighted by Gasteiger charge is -2.35. The smallest absolute Gasteiger partial charge is 0.407 e. The van der Waals surface area contributed by atoms with Gasteiger partial charge in [-0.15, -0.1) is 0 Å². The molecule has 1 aliphatic carbocycles. The fourth-order valence-electron chi connectivity index (χ4n) is 17.2. The van der Waals surface area contributed by atoms with Gasteiger partial charge in [0.05, 0.1) is 67.7 Å². The highest BCUT2D eigenvalue weighted by Crippen LogP contribution is 2.73. The Morgan fingerprint density at radius 1 is 0.600 bits per heavy atom. The van der Waals surface area contributed by atoms with Gasteiger partial charge in [0.2, 0.25) is 37.0 Å². The number of H-pyrrole nitrogens is 3. The topological polar surface area (TPSA) is 569 Å². The van der Waals surface area contributed by atoms with Crippen LogP contribution in [0, 0.1) is 31.9 Å². The molecule has 150 heavy (non-hydrogen) atoms. The number of ether oxygens (including phenoxy) is 10. The molecule has 61 heteroatoms. The van der Waals surface area contributed by atoms with Crippen LogP contribution in [0.4, 0.5) is 22.4 Å². The van der Waals surface area contributed by atoms with E-state index in [-0.39, 0.29) is 135 Å². The van der Waals surface area contributed by atoms with E-state index >= 15 is 0 Å². The van der Waals surface area contributed by atoms with Crippen LogP contribution in [0.2, 0.25) is 0 Å². The third-order valence-electron chi connectivity index (χ3n) is 24.1. The Morgan fingerprint density at radius 2 is 1.12 bits per heavy atom. The number of aliphatic hydroxyl groups is 1. The van der Waals surface area contributed by atoms with Crippen molar-refractivity contribution in [2.24, 2.45) is 16.8 Å². The van der Waals surface area contributed by atoms with E-state index in [2.05, 4.69) is 93.6 Å². The second kappa shape index (κ2) is 53.9. The molecular weight excluding hydrogens is 2210 g/mol. The number of amides is 3. The van der Waals surface area contributed by atoms with Crippen LogP contribution in [0.1, 0.15) is 114 Å². The molecule has 11 heterocycles. The van der Waals surface area contributed by atoms with Crippen molar-refractivity contribution in [2.75, 3.05) is 150 Å². The zero-order valence-corrected chi connectivity index (χ0v) is 91.9. The standard InChI is InChI=1S/C89H114BrN19O32P4S5/c1-13-36-150-145(149,132-46-66-61(38-71(134-66)107-40-51(4)79(113)102-87(107)118)138-142(146,129-44-64-58(50(2)3)37-70(133-64)105-27-22-68(96-52(5)111)98-85(105)116)128-35-34-124-33-32-123-29-26-93-89(120)125-43-59-56-20-16-14-18-54(56)55-19-15-17-21-57(55)59)139-62-39-72(109-49-94-73-78(109)100-84(101-81(73)115)95-48-104(9)10)135-65(62)45-130-143(147,126-30-24-91-7)141-75-67(137-82(77(75)122-12)106-28-23-69(97-53(6)112)99-86(106)117)47-131-144(148,127-31-25-92-8)140-74-63(42-110)136-83(76(74)121-11)108-41-60(90)80(114)103-88(108)119/h14-23,27-28,40-41,48-50,58-59,61-67,70-72,74-77,82-83,110H,13,24-26,29-39,42-47H2,1-6,9-12H3,(H,93,120)(H,100,101,115)(H,102,113,118)(H,103,114,119)(H,96,98,111,116)(H,97,99,112,117)/t58-,61+,62+,63+,64+,65+,66+,67+,70+,71+,72+,74-,75-,76?,77?,82+,83+,142?,143?,144?,145?/m0/s1. The Labute approximate surface area is 893 Å². The van der Waals surface area contributed by atoms with Gasteiger partial charge in [-0.2, -0.15) is 55.7 Å². The summed E-state index contributed by atoms with van der Waals surface area (Å²) in [5.74, 6) is -1.40. The number of fused-ring (bicyclic) bond motifs is 4. The largest absolute Gasteiger partial charge is 0.480 e. The van der Waals surface area contributed by atoms with E-state index in [4.69, 9.17) is 159 Å². The van der Waals surface area contributed by atoms with Crippen molar-refractivity contribution >= 4 is 157 Å². The summed E-state index contributed by atoms with van der Waals surface area (Å²) in [6.07, 6.45) is -17.0. The molecule has 0 bridgehead atoms. The number of imidazole rings is 1. The number of aryl methyl sites for hydroxylation is 1. The third-order valence-corrected chi connectivity index (χ3v) is 37.3. The number of aliphatic hydroxyl groups excluding tert-OH is 1. The first-order valence-electron chi connectivity index (χ1n) is 47.3. The lowest BCUT2D eigenvalue weighted by Crippen LogP contribution is -2.41. The lowest BCUT2D eigenvalue weighted by atomic mass is 9.89. The number of anilines is 2. The van der Waals surface area contributed by atoms with E-state index in [1.807, 2.05) is 57.2 Å². The number of aliphatic imine (C=N–C) groups is 1. The van der Waals surface area contributed by atoms with Crippen LogP contribution < -0.4 is 55.4 Å². The normalized spacial score (nSPS) is 24.7. The molecule has 0 spiro atoms. The number of hydrogen-bond acceptors (Lipinski definition) is 42.